The molecule has 2 amide bonds. The molecular weight excluding hydrogens is 394 g/mol. The molecule has 2 aromatic carbocycles. The van der Waals surface area contributed by atoms with Crippen LogP contribution in [0.3, 0.4) is 0 Å². The number of methoxy groups -OCH3 is 1. The van der Waals surface area contributed by atoms with Crippen LogP contribution in [0.1, 0.15) is 21.7 Å². The van der Waals surface area contributed by atoms with E-state index in [1.807, 2.05) is 13.0 Å². The lowest BCUT2D eigenvalue weighted by molar-refractivity contribution is -0.117. The fraction of sp³-hybridized carbons (Fsp3) is 0.200. The van der Waals surface area contributed by atoms with Crippen LogP contribution in [0.4, 0.5) is 11.4 Å². The minimum absolute atomic E-state index is 0.0984. The lowest BCUT2D eigenvalue weighted by atomic mass is 10.2. The van der Waals surface area contributed by atoms with Gasteiger partial charge in [-0.05, 0) is 55.8 Å². The first-order valence-electron chi connectivity index (χ1n) is 8.79. The summed E-state index contributed by atoms with van der Waals surface area (Å²) in [6.45, 7) is 3.49. The second kappa shape index (κ2) is 8.74. The topological polar surface area (TPSA) is 98.1 Å². The van der Waals surface area contributed by atoms with Crippen molar-refractivity contribution in [2.75, 3.05) is 17.7 Å². The normalized spacial score (nSPS) is 10.5. The van der Waals surface area contributed by atoms with E-state index in [1.54, 1.807) is 50.4 Å². The average Bonchev–Trinajstić information content (AvgIpc) is 3.05. The maximum atomic E-state index is 12.5. The van der Waals surface area contributed by atoms with Gasteiger partial charge >= 0.3 is 0 Å². The molecule has 2 N–H and O–H groups in total. The summed E-state index contributed by atoms with van der Waals surface area (Å²) in [7, 11) is 1.57. The summed E-state index contributed by atoms with van der Waals surface area (Å²) < 4.78 is 6.45. The van der Waals surface area contributed by atoms with Crippen LogP contribution in [0.5, 0.6) is 5.75 Å². The van der Waals surface area contributed by atoms with Crippen LogP contribution >= 0.6 is 11.6 Å². The van der Waals surface area contributed by atoms with Crippen LogP contribution in [0.15, 0.2) is 42.5 Å². The summed E-state index contributed by atoms with van der Waals surface area (Å²) in [6, 6.07) is 12.3. The summed E-state index contributed by atoms with van der Waals surface area (Å²) in [5, 5.41) is 13.7. The minimum atomic E-state index is -0.416. The van der Waals surface area contributed by atoms with E-state index < -0.39 is 5.91 Å². The van der Waals surface area contributed by atoms with Crippen molar-refractivity contribution in [1.82, 2.24) is 15.0 Å². The molecule has 0 aliphatic carbocycles. The van der Waals surface area contributed by atoms with Gasteiger partial charge in [-0.1, -0.05) is 22.9 Å². The Bertz CT molecular complexity index is 1050. The Morgan fingerprint density at radius 1 is 1.10 bits per heavy atom. The molecule has 0 saturated carbocycles. The fourth-order valence-electron chi connectivity index (χ4n) is 2.63. The van der Waals surface area contributed by atoms with Gasteiger partial charge in [-0.15, -0.1) is 5.10 Å². The molecule has 8 nitrogen and oxygen atoms in total. The summed E-state index contributed by atoms with van der Waals surface area (Å²) >= 11 is 6.14. The minimum Gasteiger partial charge on any atom is -0.497 e. The van der Waals surface area contributed by atoms with Crippen molar-refractivity contribution in [1.29, 1.82) is 0 Å². The van der Waals surface area contributed by atoms with Crippen molar-refractivity contribution < 1.29 is 14.3 Å². The van der Waals surface area contributed by atoms with E-state index >= 15 is 0 Å². The SMILES string of the molecule is COc1ccc(NC(=O)c2nnn(CC(=O)Nc3ccc(C)cc3Cl)c2C)cc1. The van der Waals surface area contributed by atoms with Gasteiger partial charge in [-0.2, -0.15) is 0 Å². The van der Waals surface area contributed by atoms with Crippen LogP contribution in [0.2, 0.25) is 5.02 Å². The van der Waals surface area contributed by atoms with E-state index in [0.717, 1.165) is 5.56 Å². The molecule has 0 saturated heterocycles. The fourth-order valence-corrected chi connectivity index (χ4v) is 2.91. The second-order valence-corrected chi connectivity index (χ2v) is 6.80. The lowest BCUT2D eigenvalue weighted by Gasteiger charge is -2.09. The number of benzene rings is 2. The number of aromatic nitrogens is 3. The number of amides is 2. The Morgan fingerprint density at radius 3 is 2.48 bits per heavy atom. The van der Waals surface area contributed by atoms with Crippen LogP contribution in [-0.4, -0.2) is 33.9 Å². The highest BCUT2D eigenvalue weighted by Gasteiger charge is 2.18. The van der Waals surface area contributed by atoms with E-state index in [1.165, 1.54) is 4.68 Å². The van der Waals surface area contributed by atoms with Crippen LogP contribution in [-0.2, 0) is 11.3 Å². The number of hydrogen-bond donors (Lipinski definition) is 2. The maximum absolute atomic E-state index is 12.5. The van der Waals surface area contributed by atoms with E-state index in [9.17, 15) is 9.59 Å². The van der Waals surface area contributed by atoms with Crippen molar-refractivity contribution in [2.24, 2.45) is 0 Å². The molecule has 0 spiro atoms. The molecule has 0 aliphatic heterocycles. The summed E-state index contributed by atoms with van der Waals surface area (Å²) in [5.41, 5.74) is 2.71. The predicted octanol–water partition coefficient (Wildman–Crippen LogP) is 3.45. The second-order valence-electron chi connectivity index (χ2n) is 6.40. The lowest BCUT2D eigenvalue weighted by Crippen LogP contribution is -2.21. The summed E-state index contributed by atoms with van der Waals surface area (Å²) in [5.74, 6) is -0.0587. The number of rotatable bonds is 6. The van der Waals surface area contributed by atoms with Crippen LogP contribution in [0.25, 0.3) is 0 Å². The molecule has 0 aliphatic rings. The van der Waals surface area contributed by atoms with Gasteiger partial charge in [0.25, 0.3) is 5.91 Å². The molecule has 3 aromatic rings. The molecule has 0 atom stereocenters. The number of nitrogens with zero attached hydrogens (tertiary/aromatic N) is 3. The van der Waals surface area contributed by atoms with Crippen molar-refractivity contribution in [3.05, 3.63) is 64.4 Å². The van der Waals surface area contributed by atoms with Gasteiger partial charge in [0.15, 0.2) is 5.69 Å². The number of anilines is 2. The van der Waals surface area contributed by atoms with Crippen molar-refractivity contribution >= 4 is 34.8 Å². The largest absolute Gasteiger partial charge is 0.497 e. The zero-order valence-corrected chi connectivity index (χ0v) is 16.9. The van der Waals surface area contributed by atoms with Crippen molar-refractivity contribution in [2.45, 2.75) is 20.4 Å². The third-order valence-corrected chi connectivity index (χ3v) is 4.55. The number of carbonyl (C=O) groups excluding carboxylic acids is 2. The van der Waals surface area contributed by atoms with Crippen LogP contribution in [0, 0.1) is 13.8 Å². The predicted molar refractivity (Wildman–Crippen MR) is 111 cm³/mol. The molecule has 29 heavy (non-hydrogen) atoms. The van der Waals surface area contributed by atoms with E-state index in [-0.39, 0.29) is 18.1 Å². The van der Waals surface area contributed by atoms with Gasteiger partial charge in [0, 0.05) is 5.69 Å². The number of aryl methyl sites for hydroxylation is 1. The van der Waals surface area contributed by atoms with E-state index in [0.29, 0.717) is 27.8 Å². The molecule has 1 heterocycles. The third-order valence-electron chi connectivity index (χ3n) is 4.24. The zero-order chi connectivity index (χ0) is 21.0. The van der Waals surface area contributed by atoms with E-state index in [4.69, 9.17) is 16.3 Å². The molecule has 0 fully saturated rings. The van der Waals surface area contributed by atoms with Gasteiger partial charge in [-0.25, -0.2) is 4.68 Å². The van der Waals surface area contributed by atoms with Crippen LogP contribution < -0.4 is 15.4 Å². The number of carbonyl (C=O) groups is 2. The highest BCUT2D eigenvalue weighted by atomic mass is 35.5. The smallest absolute Gasteiger partial charge is 0.278 e. The van der Waals surface area contributed by atoms with Crippen molar-refractivity contribution in [3.8, 4) is 5.75 Å². The highest BCUT2D eigenvalue weighted by Crippen LogP contribution is 2.22. The van der Waals surface area contributed by atoms with Gasteiger partial charge in [0.05, 0.1) is 23.5 Å². The standard InChI is InChI=1S/C20H20ClN5O3/c1-12-4-9-17(16(21)10-12)23-18(27)11-26-13(2)19(24-25-26)20(28)22-14-5-7-15(29-3)8-6-14/h4-10H,11H2,1-3H3,(H,22,28)(H,23,27). The maximum Gasteiger partial charge on any atom is 0.278 e. The molecule has 1 aromatic heterocycles. The first-order chi connectivity index (χ1) is 13.9. The van der Waals surface area contributed by atoms with Gasteiger partial charge in [0.2, 0.25) is 5.91 Å². The molecule has 0 radical (unpaired) electrons. The number of hydrogen-bond acceptors (Lipinski definition) is 5. The zero-order valence-electron chi connectivity index (χ0n) is 16.2. The van der Waals surface area contributed by atoms with Gasteiger partial charge < -0.3 is 15.4 Å². The quantitative estimate of drug-likeness (QED) is 0.645. The Hall–Kier alpha value is -3.39. The molecule has 0 bridgehead atoms. The molecule has 9 heteroatoms. The Labute approximate surface area is 172 Å². The first-order valence-corrected chi connectivity index (χ1v) is 9.16. The van der Waals surface area contributed by atoms with E-state index in [2.05, 4.69) is 20.9 Å². The van der Waals surface area contributed by atoms with Crippen molar-refractivity contribution in [3.63, 3.8) is 0 Å². The van der Waals surface area contributed by atoms with Gasteiger partial charge in [0.1, 0.15) is 12.3 Å². The molecule has 3 rings (SSSR count). The Morgan fingerprint density at radius 2 is 1.83 bits per heavy atom. The highest BCUT2D eigenvalue weighted by molar-refractivity contribution is 6.33. The van der Waals surface area contributed by atoms with Gasteiger partial charge in [-0.3, -0.25) is 9.59 Å². The number of ether oxygens (including phenoxy) is 1. The third kappa shape index (κ3) is 4.91. The Kier molecular flexibility index (Phi) is 6.13. The molecule has 150 valence electrons. The summed E-state index contributed by atoms with van der Waals surface area (Å²) in [6.07, 6.45) is 0. The monoisotopic (exact) mass is 413 g/mol. The average molecular weight is 414 g/mol. The number of nitrogens with one attached hydrogen (secondary N) is 2. The molecule has 0 unspecified atom stereocenters. The number of halogens is 1. The molecular formula is C20H20ClN5O3. The summed E-state index contributed by atoms with van der Waals surface area (Å²) in [4.78, 5) is 24.8. The first kappa shape index (κ1) is 20.3. The Balaban J connectivity index is 1.66.